The van der Waals surface area contributed by atoms with Gasteiger partial charge in [-0.25, -0.2) is 0 Å². The van der Waals surface area contributed by atoms with Crippen molar-refractivity contribution < 1.29 is 9.59 Å². The summed E-state index contributed by atoms with van der Waals surface area (Å²) in [6.45, 7) is 2.63. The Morgan fingerprint density at radius 3 is 2.71 bits per heavy atom. The summed E-state index contributed by atoms with van der Waals surface area (Å²) in [7, 11) is 1.61. The summed E-state index contributed by atoms with van der Waals surface area (Å²) < 4.78 is 0.974. The van der Waals surface area contributed by atoms with Crippen molar-refractivity contribution >= 4 is 38.9 Å². The van der Waals surface area contributed by atoms with E-state index in [1.54, 1.807) is 7.05 Å². The van der Waals surface area contributed by atoms with Crippen LogP contribution in [-0.2, 0) is 4.79 Å². The number of nitrogen functional groups attached to an aromatic ring is 1. The Morgan fingerprint density at radius 2 is 2.05 bits per heavy atom. The van der Waals surface area contributed by atoms with Crippen molar-refractivity contribution in [3.63, 3.8) is 0 Å². The largest absolute Gasteiger partial charge is 0.397 e. The first kappa shape index (κ1) is 15.3. The number of nitrogens with one attached hydrogen (secondary N) is 1. The molecule has 0 fully saturated rings. The molecule has 5 nitrogen and oxygen atoms in total. The Morgan fingerprint density at radius 1 is 1.33 bits per heavy atom. The van der Waals surface area contributed by atoms with Crippen molar-refractivity contribution in [1.29, 1.82) is 0 Å². The first-order chi connectivity index (χ1) is 10.0. The molecule has 2 aromatic rings. The topological polar surface area (TPSA) is 75.4 Å². The summed E-state index contributed by atoms with van der Waals surface area (Å²) >= 11 is 1.36. The number of hydrogen-bond acceptors (Lipinski definition) is 4. The van der Waals surface area contributed by atoms with Crippen molar-refractivity contribution in [3.05, 3.63) is 29.1 Å². The summed E-state index contributed by atoms with van der Waals surface area (Å²) in [6, 6.07) is 7.63. The first-order valence-corrected chi connectivity index (χ1v) is 7.65. The number of nitrogens with two attached hydrogens (primary N) is 1. The molecule has 0 aliphatic carbocycles. The van der Waals surface area contributed by atoms with Crippen molar-refractivity contribution in [2.24, 2.45) is 0 Å². The third kappa shape index (κ3) is 3.33. The van der Waals surface area contributed by atoms with E-state index >= 15 is 0 Å². The van der Waals surface area contributed by atoms with Gasteiger partial charge in [-0.05, 0) is 12.5 Å². The molecule has 0 spiro atoms. The van der Waals surface area contributed by atoms with Crippen LogP contribution in [0.3, 0.4) is 0 Å². The number of carbonyl (C=O) groups excluding carboxylic acids is 2. The van der Waals surface area contributed by atoms with E-state index in [-0.39, 0.29) is 18.4 Å². The minimum absolute atomic E-state index is 0.0342. The standard InChI is InChI=1S/C15H19N3O2S/c1-3-8-17-12(19)9-18(2)15(20)14-13(16)10-6-4-5-7-11(10)21-14/h4-7H,3,8-9,16H2,1-2H3,(H,17,19). The van der Waals surface area contributed by atoms with Crippen LogP contribution in [-0.4, -0.2) is 36.9 Å². The Balaban J connectivity index is 2.14. The van der Waals surface area contributed by atoms with Crippen LogP contribution in [0.15, 0.2) is 24.3 Å². The van der Waals surface area contributed by atoms with Gasteiger partial charge in [-0.2, -0.15) is 0 Å². The highest BCUT2D eigenvalue weighted by atomic mass is 32.1. The minimum Gasteiger partial charge on any atom is -0.397 e. The normalized spacial score (nSPS) is 10.6. The van der Waals surface area contributed by atoms with Crippen molar-refractivity contribution in [3.8, 4) is 0 Å². The number of anilines is 1. The van der Waals surface area contributed by atoms with E-state index in [2.05, 4.69) is 5.32 Å². The zero-order valence-electron chi connectivity index (χ0n) is 12.2. The molecule has 0 saturated carbocycles. The lowest BCUT2D eigenvalue weighted by molar-refractivity contribution is -0.121. The van der Waals surface area contributed by atoms with E-state index < -0.39 is 0 Å². The summed E-state index contributed by atoms with van der Waals surface area (Å²) in [4.78, 5) is 26.0. The molecule has 0 unspecified atom stereocenters. The second-order valence-electron chi connectivity index (χ2n) is 4.85. The maximum Gasteiger partial charge on any atom is 0.266 e. The number of hydrogen-bond donors (Lipinski definition) is 2. The highest BCUT2D eigenvalue weighted by Crippen LogP contribution is 2.33. The molecule has 2 rings (SSSR count). The predicted molar refractivity (Wildman–Crippen MR) is 86.5 cm³/mol. The summed E-state index contributed by atoms with van der Waals surface area (Å²) in [6.07, 6.45) is 0.868. The zero-order chi connectivity index (χ0) is 15.4. The van der Waals surface area contributed by atoms with Gasteiger partial charge in [0.2, 0.25) is 5.91 Å². The number of likely N-dealkylation sites (N-methyl/N-ethyl adjacent to an activating group) is 1. The highest BCUT2D eigenvalue weighted by molar-refractivity contribution is 7.21. The van der Waals surface area contributed by atoms with Crippen LogP contribution >= 0.6 is 11.3 Å². The maximum atomic E-state index is 12.4. The molecule has 1 aromatic carbocycles. The molecule has 2 amide bonds. The number of benzene rings is 1. The van der Waals surface area contributed by atoms with Crippen LogP contribution in [0, 0.1) is 0 Å². The second-order valence-corrected chi connectivity index (χ2v) is 5.90. The number of thiophene rings is 1. The third-order valence-corrected chi connectivity index (χ3v) is 4.30. The lowest BCUT2D eigenvalue weighted by atomic mass is 10.2. The van der Waals surface area contributed by atoms with Crippen molar-refractivity contribution in [2.45, 2.75) is 13.3 Å². The fourth-order valence-corrected chi connectivity index (χ4v) is 3.12. The van der Waals surface area contributed by atoms with Gasteiger partial charge >= 0.3 is 0 Å². The van der Waals surface area contributed by atoms with E-state index in [9.17, 15) is 9.59 Å². The van der Waals surface area contributed by atoms with Crippen molar-refractivity contribution in [1.82, 2.24) is 10.2 Å². The van der Waals surface area contributed by atoms with Gasteiger partial charge in [0.15, 0.2) is 0 Å². The van der Waals surface area contributed by atoms with Gasteiger partial charge < -0.3 is 16.0 Å². The maximum absolute atomic E-state index is 12.4. The Bertz CT molecular complexity index is 666. The van der Waals surface area contributed by atoms with Gasteiger partial charge in [0.1, 0.15) is 4.88 Å². The number of fused-ring (bicyclic) bond motifs is 1. The van der Waals surface area contributed by atoms with E-state index in [1.165, 1.54) is 16.2 Å². The SMILES string of the molecule is CCCNC(=O)CN(C)C(=O)c1sc2ccccc2c1N. The number of carbonyl (C=O) groups is 2. The van der Waals surface area contributed by atoms with Gasteiger partial charge in [-0.3, -0.25) is 9.59 Å². The molecular formula is C15H19N3O2S. The fourth-order valence-electron chi connectivity index (χ4n) is 2.01. The van der Waals surface area contributed by atoms with Crippen LogP contribution in [0.5, 0.6) is 0 Å². The molecule has 0 saturated heterocycles. The quantitative estimate of drug-likeness (QED) is 0.888. The summed E-state index contributed by atoms with van der Waals surface area (Å²) in [5.74, 6) is -0.382. The van der Waals surface area contributed by atoms with E-state index in [4.69, 9.17) is 5.73 Å². The monoisotopic (exact) mass is 305 g/mol. The molecule has 21 heavy (non-hydrogen) atoms. The Kier molecular flexibility index (Phi) is 4.80. The second kappa shape index (κ2) is 6.58. The average molecular weight is 305 g/mol. The molecule has 1 heterocycles. The summed E-state index contributed by atoms with van der Waals surface area (Å²) in [5.41, 5.74) is 6.54. The smallest absolute Gasteiger partial charge is 0.266 e. The molecule has 1 aromatic heterocycles. The first-order valence-electron chi connectivity index (χ1n) is 6.83. The fraction of sp³-hybridized carbons (Fsp3) is 0.333. The molecule has 0 aliphatic heterocycles. The molecule has 3 N–H and O–H groups in total. The van der Waals surface area contributed by atoms with E-state index in [0.29, 0.717) is 17.1 Å². The van der Waals surface area contributed by atoms with Crippen LogP contribution in [0.1, 0.15) is 23.0 Å². The van der Waals surface area contributed by atoms with Crippen LogP contribution in [0.2, 0.25) is 0 Å². The van der Waals surface area contributed by atoms with Gasteiger partial charge in [-0.15, -0.1) is 11.3 Å². The van der Waals surface area contributed by atoms with E-state index in [1.807, 2.05) is 31.2 Å². The number of rotatable bonds is 5. The molecular weight excluding hydrogens is 286 g/mol. The van der Waals surface area contributed by atoms with Crippen LogP contribution in [0.4, 0.5) is 5.69 Å². The van der Waals surface area contributed by atoms with E-state index in [0.717, 1.165) is 16.5 Å². The molecule has 0 radical (unpaired) electrons. The van der Waals surface area contributed by atoms with Crippen molar-refractivity contribution in [2.75, 3.05) is 25.9 Å². The molecule has 0 atom stereocenters. The summed E-state index contributed by atoms with van der Waals surface area (Å²) in [5, 5.41) is 3.63. The van der Waals surface area contributed by atoms with Gasteiger partial charge in [0.05, 0.1) is 12.2 Å². The molecule has 6 heteroatoms. The van der Waals surface area contributed by atoms with Crippen LogP contribution < -0.4 is 11.1 Å². The van der Waals surface area contributed by atoms with Gasteiger partial charge in [0.25, 0.3) is 5.91 Å². The molecule has 0 aliphatic rings. The Hall–Kier alpha value is -2.08. The third-order valence-electron chi connectivity index (χ3n) is 3.13. The Labute approximate surface area is 127 Å². The number of nitrogens with zero attached hydrogens (tertiary/aromatic N) is 1. The highest BCUT2D eigenvalue weighted by Gasteiger charge is 2.20. The minimum atomic E-state index is -0.222. The molecule has 0 bridgehead atoms. The predicted octanol–water partition coefficient (Wildman–Crippen LogP) is 2.08. The average Bonchev–Trinajstić information content (AvgIpc) is 2.82. The number of amides is 2. The van der Waals surface area contributed by atoms with Gasteiger partial charge in [-0.1, -0.05) is 25.1 Å². The van der Waals surface area contributed by atoms with Crippen LogP contribution in [0.25, 0.3) is 10.1 Å². The lowest BCUT2D eigenvalue weighted by Crippen LogP contribution is -2.38. The molecule has 112 valence electrons. The zero-order valence-corrected chi connectivity index (χ0v) is 13.0. The van der Waals surface area contributed by atoms with Gasteiger partial charge in [0, 0.05) is 23.7 Å². The lowest BCUT2D eigenvalue weighted by Gasteiger charge is -2.16.